The molecule has 26 heavy (non-hydrogen) atoms. The lowest BCUT2D eigenvalue weighted by atomic mass is 9.94. The number of hydrogen-bond acceptors (Lipinski definition) is 3. The summed E-state index contributed by atoms with van der Waals surface area (Å²) < 4.78 is 13.6. The van der Waals surface area contributed by atoms with Gasteiger partial charge >= 0.3 is 0 Å². The van der Waals surface area contributed by atoms with E-state index >= 15 is 0 Å². The van der Waals surface area contributed by atoms with Gasteiger partial charge in [-0.05, 0) is 55.3 Å². The third-order valence-corrected chi connectivity index (χ3v) is 4.62. The molecule has 2 heterocycles. The van der Waals surface area contributed by atoms with Gasteiger partial charge in [0.25, 0.3) is 0 Å². The summed E-state index contributed by atoms with van der Waals surface area (Å²) >= 11 is 0. The van der Waals surface area contributed by atoms with Crippen LogP contribution in [0.5, 0.6) is 11.5 Å². The monoisotopic (exact) mass is 346 g/mol. The van der Waals surface area contributed by atoms with E-state index in [1.807, 2.05) is 24.7 Å². The van der Waals surface area contributed by atoms with Gasteiger partial charge in [-0.25, -0.2) is 4.98 Å². The summed E-state index contributed by atoms with van der Waals surface area (Å²) in [5.41, 5.74) is 3.13. The van der Waals surface area contributed by atoms with Gasteiger partial charge in [0.1, 0.15) is 17.1 Å². The SMILES string of the molecule is COc1cccc(C(c2ccc3c(c2)C=CC(C)(C)O3)n2ccnc2)c1. The van der Waals surface area contributed by atoms with E-state index in [4.69, 9.17) is 9.47 Å². The highest BCUT2D eigenvalue weighted by Crippen LogP contribution is 2.35. The van der Waals surface area contributed by atoms with Gasteiger partial charge in [0.2, 0.25) is 0 Å². The van der Waals surface area contributed by atoms with Crippen LogP contribution in [0.3, 0.4) is 0 Å². The fourth-order valence-corrected chi connectivity index (χ4v) is 3.34. The Balaban J connectivity index is 1.81. The lowest BCUT2D eigenvalue weighted by molar-refractivity contribution is 0.159. The summed E-state index contributed by atoms with van der Waals surface area (Å²) in [6, 6.07) is 14.5. The van der Waals surface area contributed by atoms with Crippen LogP contribution in [0.1, 0.15) is 36.6 Å². The van der Waals surface area contributed by atoms with E-state index in [1.54, 1.807) is 13.3 Å². The molecule has 0 saturated carbocycles. The first-order valence-corrected chi connectivity index (χ1v) is 8.69. The van der Waals surface area contributed by atoms with Gasteiger partial charge in [-0.3, -0.25) is 0 Å². The number of nitrogens with zero attached hydrogens (tertiary/aromatic N) is 2. The highest BCUT2D eigenvalue weighted by molar-refractivity contribution is 5.62. The van der Waals surface area contributed by atoms with E-state index in [0.717, 1.165) is 22.6 Å². The van der Waals surface area contributed by atoms with Crippen molar-refractivity contribution in [1.82, 2.24) is 9.55 Å². The average molecular weight is 346 g/mol. The molecule has 0 amide bonds. The molecule has 4 heteroatoms. The standard InChI is InChI=1S/C22H22N2O2/c1-22(2)10-9-16-13-18(7-8-20(16)26-22)21(24-12-11-23-15-24)17-5-4-6-19(14-17)25-3/h4-15,21H,1-3H3. The van der Waals surface area contributed by atoms with Crippen molar-refractivity contribution >= 4 is 6.08 Å². The van der Waals surface area contributed by atoms with E-state index in [-0.39, 0.29) is 11.6 Å². The minimum absolute atomic E-state index is 0.0150. The maximum Gasteiger partial charge on any atom is 0.127 e. The van der Waals surface area contributed by atoms with Crippen LogP contribution in [0.25, 0.3) is 6.08 Å². The molecule has 1 atom stereocenters. The molecule has 4 rings (SSSR count). The highest BCUT2D eigenvalue weighted by Gasteiger charge is 2.23. The molecular formula is C22H22N2O2. The number of hydrogen-bond donors (Lipinski definition) is 0. The molecule has 1 aromatic heterocycles. The summed E-state index contributed by atoms with van der Waals surface area (Å²) in [5.74, 6) is 1.76. The number of ether oxygens (including phenoxy) is 2. The van der Waals surface area contributed by atoms with Crippen LogP contribution >= 0.6 is 0 Å². The largest absolute Gasteiger partial charge is 0.497 e. The van der Waals surface area contributed by atoms with Crippen molar-refractivity contribution in [3.8, 4) is 11.5 Å². The number of aromatic nitrogens is 2. The molecule has 0 fully saturated rings. The highest BCUT2D eigenvalue weighted by atomic mass is 16.5. The van der Waals surface area contributed by atoms with Crippen LogP contribution in [0.15, 0.2) is 67.3 Å². The predicted molar refractivity (Wildman–Crippen MR) is 103 cm³/mol. The van der Waals surface area contributed by atoms with Crippen molar-refractivity contribution in [2.24, 2.45) is 0 Å². The van der Waals surface area contributed by atoms with E-state index in [2.05, 4.69) is 65.9 Å². The molecule has 4 nitrogen and oxygen atoms in total. The van der Waals surface area contributed by atoms with Crippen molar-refractivity contribution in [1.29, 1.82) is 0 Å². The Morgan fingerprint density at radius 2 is 1.96 bits per heavy atom. The second-order valence-corrected chi connectivity index (χ2v) is 7.03. The molecule has 0 aliphatic carbocycles. The normalized spacial score (nSPS) is 15.8. The van der Waals surface area contributed by atoms with Gasteiger partial charge in [0.15, 0.2) is 0 Å². The fourth-order valence-electron chi connectivity index (χ4n) is 3.34. The summed E-state index contributed by atoms with van der Waals surface area (Å²) in [6.07, 6.45) is 9.87. The maximum absolute atomic E-state index is 6.06. The molecule has 2 aromatic carbocycles. The Bertz CT molecular complexity index is 943. The third kappa shape index (κ3) is 3.10. The predicted octanol–water partition coefficient (Wildman–Crippen LogP) is 4.71. The molecule has 0 radical (unpaired) electrons. The first kappa shape index (κ1) is 16.5. The van der Waals surface area contributed by atoms with E-state index in [9.17, 15) is 0 Å². The topological polar surface area (TPSA) is 36.3 Å². The van der Waals surface area contributed by atoms with Crippen LogP contribution in [-0.2, 0) is 0 Å². The lowest BCUT2D eigenvalue weighted by Crippen LogP contribution is -2.27. The van der Waals surface area contributed by atoms with Crippen molar-refractivity contribution in [3.63, 3.8) is 0 Å². The minimum Gasteiger partial charge on any atom is -0.497 e. The van der Waals surface area contributed by atoms with Gasteiger partial charge in [0, 0.05) is 18.0 Å². The van der Waals surface area contributed by atoms with Gasteiger partial charge in [-0.15, -0.1) is 0 Å². The van der Waals surface area contributed by atoms with Crippen LogP contribution in [0, 0.1) is 0 Å². The summed E-state index contributed by atoms with van der Waals surface area (Å²) in [7, 11) is 1.69. The number of benzene rings is 2. The number of imidazole rings is 1. The Hall–Kier alpha value is -3.01. The van der Waals surface area contributed by atoms with Crippen molar-refractivity contribution < 1.29 is 9.47 Å². The lowest BCUT2D eigenvalue weighted by Gasteiger charge is -2.29. The second-order valence-electron chi connectivity index (χ2n) is 7.03. The number of rotatable bonds is 4. The molecule has 132 valence electrons. The molecule has 1 unspecified atom stereocenters. The molecule has 0 spiro atoms. The molecule has 1 aliphatic rings. The molecule has 1 aliphatic heterocycles. The average Bonchev–Trinajstić information content (AvgIpc) is 3.16. The third-order valence-electron chi connectivity index (χ3n) is 4.62. The van der Waals surface area contributed by atoms with E-state index < -0.39 is 0 Å². The molecular weight excluding hydrogens is 324 g/mol. The van der Waals surface area contributed by atoms with Crippen LogP contribution in [-0.4, -0.2) is 22.3 Å². The summed E-state index contributed by atoms with van der Waals surface area (Å²) in [4.78, 5) is 4.24. The van der Waals surface area contributed by atoms with Crippen LogP contribution in [0.2, 0.25) is 0 Å². The zero-order chi connectivity index (χ0) is 18.1. The van der Waals surface area contributed by atoms with Gasteiger partial charge in [-0.1, -0.05) is 24.3 Å². The minimum atomic E-state index is -0.273. The van der Waals surface area contributed by atoms with Gasteiger partial charge < -0.3 is 14.0 Å². The Morgan fingerprint density at radius 3 is 2.73 bits per heavy atom. The van der Waals surface area contributed by atoms with E-state index in [1.165, 1.54) is 5.56 Å². The zero-order valence-corrected chi connectivity index (χ0v) is 15.2. The van der Waals surface area contributed by atoms with Crippen molar-refractivity contribution in [2.45, 2.75) is 25.5 Å². The Labute approximate surface area is 153 Å². The fraction of sp³-hybridized carbons (Fsp3) is 0.227. The van der Waals surface area contributed by atoms with Crippen LogP contribution < -0.4 is 9.47 Å². The summed E-state index contributed by atoms with van der Waals surface area (Å²) in [6.45, 7) is 4.12. The first-order valence-electron chi connectivity index (χ1n) is 8.69. The maximum atomic E-state index is 6.06. The van der Waals surface area contributed by atoms with Crippen molar-refractivity contribution in [2.75, 3.05) is 7.11 Å². The molecule has 3 aromatic rings. The zero-order valence-electron chi connectivity index (χ0n) is 15.2. The quantitative estimate of drug-likeness (QED) is 0.686. The Morgan fingerprint density at radius 1 is 1.12 bits per heavy atom. The number of fused-ring (bicyclic) bond motifs is 1. The number of methoxy groups -OCH3 is 1. The molecule has 0 N–H and O–H groups in total. The van der Waals surface area contributed by atoms with Crippen molar-refractivity contribution in [3.05, 3.63) is 84.0 Å². The van der Waals surface area contributed by atoms with Gasteiger partial charge in [0.05, 0.1) is 19.5 Å². The second kappa shape index (κ2) is 6.37. The molecule has 0 saturated heterocycles. The summed E-state index contributed by atoms with van der Waals surface area (Å²) in [5, 5.41) is 0. The smallest absolute Gasteiger partial charge is 0.127 e. The molecule has 0 bridgehead atoms. The van der Waals surface area contributed by atoms with Gasteiger partial charge in [-0.2, -0.15) is 0 Å². The first-order chi connectivity index (χ1) is 12.6. The van der Waals surface area contributed by atoms with E-state index in [0.29, 0.717) is 0 Å². The Kier molecular flexibility index (Phi) is 4.03. The van der Waals surface area contributed by atoms with Crippen LogP contribution in [0.4, 0.5) is 0 Å².